The summed E-state index contributed by atoms with van der Waals surface area (Å²) in [6, 6.07) is 5.26. The quantitative estimate of drug-likeness (QED) is 0.814. The van der Waals surface area contributed by atoms with Crippen LogP contribution in [0.5, 0.6) is 0 Å². The first-order valence-electron chi connectivity index (χ1n) is 7.49. The number of hydrogen-bond acceptors (Lipinski definition) is 3. The summed E-state index contributed by atoms with van der Waals surface area (Å²) >= 11 is 0. The van der Waals surface area contributed by atoms with E-state index in [1.807, 2.05) is 13.0 Å². The van der Waals surface area contributed by atoms with Crippen molar-refractivity contribution < 1.29 is 9.50 Å². The maximum atomic E-state index is 14.1. The van der Waals surface area contributed by atoms with Crippen molar-refractivity contribution in [3.63, 3.8) is 0 Å². The normalized spacial score (nSPS) is 18.3. The Hall–Kier alpha value is -1.13. The Morgan fingerprint density at radius 2 is 2.05 bits per heavy atom. The first-order chi connectivity index (χ1) is 9.53. The fourth-order valence-electron chi connectivity index (χ4n) is 2.64. The van der Waals surface area contributed by atoms with Crippen molar-refractivity contribution in [1.29, 1.82) is 0 Å². The van der Waals surface area contributed by atoms with Crippen molar-refractivity contribution in [1.82, 2.24) is 5.32 Å². The van der Waals surface area contributed by atoms with Crippen LogP contribution in [-0.2, 0) is 6.54 Å². The van der Waals surface area contributed by atoms with Crippen LogP contribution in [0.4, 0.5) is 10.1 Å². The number of nitrogens with one attached hydrogen (secondary N) is 1. The highest BCUT2D eigenvalue weighted by Crippen LogP contribution is 2.29. The van der Waals surface area contributed by atoms with Gasteiger partial charge in [-0.3, -0.25) is 0 Å². The van der Waals surface area contributed by atoms with Crippen molar-refractivity contribution in [3.8, 4) is 0 Å². The van der Waals surface area contributed by atoms with Crippen LogP contribution in [0.15, 0.2) is 18.2 Å². The molecule has 1 aliphatic rings. The van der Waals surface area contributed by atoms with Crippen LogP contribution in [0.2, 0.25) is 0 Å². The molecule has 0 aromatic heterocycles. The Morgan fingerprint density at radius 3 is 2.70 bits per heavy atom. The third-order valence-corrected chi connectivity index (χ3v) is 4.00. The lowest BCUT2D eigenvalue weighted by atomic mass is 9.93. The summed E-state index contributed by atoms with van der Waals surface area (Å²) in [5.41, 5.74) is 1.12. The average molecular weight is 280 g/mol. The third-order valence-electron chi connectivity index (χ3n) is 4.00. The van der Waals surface area contributed by atoms with E-state index < -0.39 is 5.60 Å². The van der Waals surface area contributed by atoms with E-state index in [9.17, 15) is 9.50 Å². The SMILES string of the molecule is CCCNCc1c(F)cccc1N1CCC(C)(O)CC1. The summed E-state index contributed by atoms with van der Waals surface area (Å²) < 4.78 is 14.1. The van der Waals surface area contributed by atoms with Gasteiger partial charge in [0.1, 0.15) is 5.82 Å². The molecule has 4 heteroatoms. The molecule has 0 unspecified atom stereocenters. The Balaban J connectivity index is 2.12. The van der Waals surface area contributed by atoms with Crippen molar-refractivity contribution >= 4 is 5.69 Å². The van der Waals surface area contributed by atoms with Crippen LogP contribution in [0.3, 0.4) is 0 Å². The van der Waals surface area contributed by atoms with E-state index in [4.69, 9.17) is 0 Å². The lowest BCUT2D eigenvalue weighted by molar-refractivity contribution is 0.0351. The molecular formula is C16H25FN2O. The minimum absolute atomic E-state index is 0.150. The molecule has 2 N–H and O–H groups in total. The fraction of sp³-hybridized carbons (Fsp3) is 0.625. The third kappa shape index (κ3) is 3.70. The first kappa shape index (κ1) is 15.3. The summed E-state index contributed by atoms with van der Waals surface area (Å²) in [6.45, 7) is 6.97. The Kier molecular flexibility index (Phi) is 5.00. The highest BCUT2D eigenvalue weighted by Gasteiger charge is 2.28. The molecular weight excluding hydrogens is 255 g/mol. The molecule has 0 bridgehead atoms. The van der Waals surface area contributed by atoms with Gasteiger partial charge in [-0.2, -0.15) is 0 Å². The number of hydrogen-bond donors (Lipinski definition) is 2. The van der Waals surface area contributed by atoms with E-state index in [-0.39, 0.29) is 5.82 Å². The van der Waals surface area contributed by atoms with Crippen LogP contribution >= 0.6 is 0 Å². The van der Waals surface area contributed by atoms with Gasteiger partial charge in [-0.25, -0.2) is 4.39 Å². The number of piperidine rings is 1. The van der Waals surface area contributed by atoms with Gasteiger partial charge in [0.2, 0.25) is 0 Å². The lowest BCUT2D eigenvalue weighted by Crippen LogP contribution is -2.43. The maximum absolute atomic E-state index is 14.1. The molecule has 1 aromatic carbocycles. The van der Waals surface area contributed by atoms with Crippen LogP contribution in [0, 0.1) is 5.82 Å². The largest absolute Gasteiger partial charge is 0.390 e. The van der Waals surface area contributed by atoms with Gasteiger partial charge in [0.15, 0.2) is 0 Å². The second-order valence-electron chi connectivity index (χ2n) is 5.90. The van der Waals surface area contributed by atoms with Gasteiger partial charge >= 0.3 is 0 Å². The standard InChI is InChI=1S/C16H25FN2O/c1-3-9-18-12-13-14(17)5-4-6-15(13)19-10-7-16(2,20)8-11-19/h4-6,18,20H,3,7-12H2,1-2H3. The highest BCUT2D eigenvalue weighted by molar-refractivity contribution is 5.54. The van der Waals surface area contributed by atoms with Gasteiger partial charge in [0.05, 0.1) is 5.60 Å². The Labute approximate surface area is 120 Å². The van der Waals surface area contributed by atoms with Crippen molar-refractivity contribution in [2.75, 3.05) is 24.5 Å². The molecule has 1 fully saturated rings. The smallest absolute Gasteiger partial charge is 0.129 e. The van der Waals surface area contributed by atoms with Gasteiger partial charge in [0, 0.05) is 30.9 Å². The Morgan fingerprint density at radius 1 is 1.35 bits per heavy atom. The van der Waals surface area contributed by atoms with Crippen molar-refractivity contribution in [3.05, 3.63) is 29.6 Å². The topological polar surface area (TPSA) is 35.5 Å². The van der Waals surface area contributed by atoms with Crippen LogP contribution in [0.25, 0.3) is 0 Å². The molecule has 1 heterocycles. The van der Waals surface area contributed by atoms with Crippen LogP contribution in [-0.4, -0.2) is 30.3 Å². The summed E-state index contributed by atoms with van der Waals surface area (Å²) in [4.78, 5) is 2.18. The molecule has 20 heavy (non-hydrogen) atoms. The highest BCUT2D eigenvalue weighted by atomic mass is 19.1. The van der Waals surface area contributed by atoms with E-state index >= 15 is 0 Å². The predicted molar refractivity (Wildman–Crippen MR) is 80.5 cm³/mol. The number of rotatable bonds is 5. The maximum Gasteiger partial charge on any atom is 0.129 e. The molecule has 0 spiro atoms. The zero-order chi connectivity index (χ0) is 14.6. The molecule has 0 saturated carbocycles. The van der Waals surface area contributed by atoms with Gasteiger partial charge < -0.3 is 15.3 Å². The van der Waals surface area contributed by atoms with Gasteiger partial charge in [-0.15, -0.1) is 0 Å². The molecule has 0 radical (unpaired) electrons. The molecule has 0 amide bonds. The average Bonchev–Trinajstić information content (AvgIpc) is 2.41. The fourth-order valence-corrected chi connectivity index (χ4v) is 2.64. The summed E-state index contributed by atoms with van der Waals surface area (Å²) in [7, 11) is 0. The Bertz CT molecular complexity index is 438. The molecule has 1 aliphatic heterocycles. The molecule has 3 nitrogen and oxygen atoms in total. The second kappa shape index (κ2) is 6.55. The summed E-state index contributed by atoms with van der Waals surface area (Å²) in [6.07, 6.45) is 2.49. The molecule has 1 saturated heterocycles. The van der Waals surface area contributed by atoms with Gasteiger partial charge in [0.25, 0.3) is 0 Å². The summed E-state index contributed by atoms with van der Waals surface area (Å²) in [5.74, 6) is -0.150. The zero-order valence-electron chi connectivity index (χ0n) is 12.5. The molecule has 2 rings (SSSR count). The minimum Gasteiger partial charge on any atom is -0.390 e. The van der Waals surface area contributed by atoms with Crippen LogP contribution < -0.4 is 10.2 Å². The van der Waals surface area contributed by atoms with Gasteiger partial charge in [-0.05, 0) is 44.9 Å². The number of nitrogens with zero attached hydrogens (tertiary/aromatic N) is 1. The lowest BCUT2D eigenvalue weighted by Gasteiger charge is -2.38. The molecule has 112 valence electrons. The number of aliphatic hydroxyl groups is 1. The van der Waals surface area contributed by atoms with Crippen molar-refractivity contribution in [2.45, 2.75) is 45.3 Å². The predicted octanol–water partition coefficient (Wildman–Crippen LogP) is 2.68. The summed E-state index contributed by atoms with van der Waals surface area (Å²) in [5, 5.41) is 13.3. The zero-order valence-corrected chi connectivity index (χ0v) is 12.5. The first-order valence-corrected chi connectivity index (χ1v) is 7.49. The van der Waals surface area contributed by atoms with Crippen molar-refractivity contribution in [2.24, 2.45) is 0 Å². The number of halogens is 1. The number of benzene rings is 1. The molecule has 0 atom stereocenters. The number of anilines is 1. The van der Waals surface area contributed by atoms with Crippen LogP contribution in [0.1, 0.15) is 38.7 Å². The van der Waals surface area contributed by atoms with E-state index in [0.717, 1.165) is 50.1 Å². The molecule has 0 aliphatic carbocycles. The van der Waals surface area contributed by atoms with E-state index in [1.165, 1.54) is 6.07 Å². The monoisotopic (exact) mass is 280 g/mol. The second-order valence-corrected chi connectivity index (χ2v) is 5.90. The van der Waals surface area contributed by atoms with E-state index in [0.29, 0.717) is 6.54 Å². The minimum atomic E-state index is -0.579. The van der Waals surface area contributed by atoms with E-state index in [1.54, 1.807) is 6.07 Å². The molecule has 1 aromatic rings. The van der Waals surface area contributed by atoms with E-state index in [2.05, 4.69) is 17.1 Å². The van der Waals surface area contributed by atoms with Gasteiger partial charge in [-0.1, -0.05) is 13.0 Å².